The Morgan fingerprint density at radius 3 is 1.74 bits per heavy atom. The zero-order valence-corrected chi connectivity index (χ0v) is 32.1. The highest BCUT2D eigenvalue weighted by molar-refractivity contribution is 5.94. The van der Waals surface area contributed by atoms with Crippen LogP contribution >= 0.6 is 0 Å². The Labute approximate surface area is 318 Å². The quantitative estimate of drug-likeness (QED) is 0.111. The minimum absolute atomic E-state index is 0.0334. The van der Waals surface area contributed by atoms with Crippen molar-refractivity contribution >= 4 is 17.5 Å². The molecule has 2 aliphatic carbocycles. The van der Waals surface area contributed by atoms with Crippen LogP contribution in [0.5, 0.6) is 0 Å². The summed E-state index contributed by atoms with van der Waals surface area (Å²) in [5.74, 6) is 0.714. The molecule has 1 saturated heterocycles. The summed E-state index contributed by atoms with van der Waals surface area (Å²) < 4.78 is 27.8. The standard InChI is InChI=1S/C43H66N2O8/c46-39(35-16-10-6-3-1-2-4-7-11-17-35)21-24-49-26-28-51-30-32-53-33-31-52-29-27-50-25-22-40(47)44-23-15-14-20-38-43(48)41-36-18-12-8-5-9-13-19-37(34-36)42(41)45-38/h5,8-9,12-13,18-19,34-35,38,41-42,45H,1-4,6-7,10-11,14-17,20-33H2,(H,44,47). The second-order valence-electron chi connectivity index (χ2n) is 14.5. The summed E-state index contributed by atoms with van der Waals surface area (Å²) in [5, 5.41) is 6.51. The Morgan fingerprint density at radius 1 is 0.623 bits per heavy atom. The van der Waals surface area contributed by atoms with Gasteiger partial charge >= 0.3 is 0 Å². The molecule has 296 valence electrons. The number of hydrogen-bond donors (Lipinski definition) is 2. The van der Waals surface area contributed by atoms with Gasteiger partial charge in [-0.25, -0.2) is 0 Å². The van der Waals surface area contributed by atoms with Crippen LogP contribution in [0.2, 0.25) is 0 Å². The van der Waals surface area contributed by atoms with E-state index in [1.165, 1.54) is 51.4 Å². The molecule has 4 rings (SSSR count). The van der Waals surface area contributed by atoms with Gasteiger partial charge < -0.3 is 29.0 Å². The Morgan fingerprint density at radius 2 is 1.13 bits per heavy atom. The van der Waals surface area contributed by atoms with Crippen molar-refractivity contribution in [2.75, 3.05) is 72.6 Å². The maximum absolute atomic E-state index is 13.2. The number of nitrogens with one attached hydrogen (secondary N) is 2. The van der Waals surface area contributed by atoms with Gasteiger partial charge in [-0.2, -0.15) is 0 Å². The van der Waals surface area contributed by atoms with E-state index in [4.69, 9.17) is 23.7 Å². The first kappa shape index (κ1) is 43.0. The molecule has 1 saturated carbocycles. The number of rotatable bonds is 24. The van der Waals surface area contributed by atoms with E-state index in [-0.39, 0.29) is 35.6 Å². The zero-order chi connectivity index (χ0) is 37.2. The van der Waals surface area contributed by atoms with Gasteiger partial charge in [-0.3, -0.25) is 19.7 Å². The van der Waals surface area contributed by atoms with E-state index in [0.717, 1.165) is 43.2 Å². The van der Waals surface area contributed by atoms with E-state index in [2.05, 4.69) is 22.8 Å². The summed E-state index contributed by atoms with van der Waals surface area (Å²) in [4.78, 5) is 38.1. The average molecular weight is 739 g/mol. The summed E-state index contributed by atoms with van der Waals surface area (Å²) in [6, 6.07) is 16.1. The molecule has 0 aromatic heterocycles. The number of fused-ring (bicyclic) bond motifs is 5. The third-order valence-corrected chi connectivity index (χ3v) is 10.4. The maximum Gasteiger partial charge on any atom is 0.222 e. The highest BCUT2D eigenvalue weighted by Gasteiger charge is 2.45. The minimum atomic E-state index is -0.148. The molecule has 10 nitrogen and oxygen atoms in total. The van der Waals surface area contributed by atoms with Gasteiger partial charge in [0.2, 0.25) is 5.91 Å². The first-order chi connectivity index (χ1) is 26.1. The molecule has 1 amide bonds. The molecule has 1 aromatic rings. The van der Waals surface area contributed by atoms with Crippen molar-refractivity contribution in [3.63, 3.8) is 0 Å². The van der Waals surface area contributed by atoms with Crippen LogP contribution in [0.4, 0.5) is 0 Å². The largest absolute Gasteiger partial charge is 0.379 e. The van der Waals surface area contributed by atoms with Gasteiger partial charge in [-0.1, -0.05) is 99.9 Å². The van der Waals surface area contributed by atoms with E-state index < -0.39 is 0 Å². The molecule has 10 heteroatoms. The molecule has 2 bridgehead atoms. The average Bonchev–Trinajstić information content (AvgIpc) is 3.64. The van der Waals surface area contributed by atoms with Crippen molar-refractivity contribution in [3.05, 3.63) is 59.7 Å². The van der Waals surface area contributed by atoms with E-state index in [1.807, 2.05) is 36.4 Å². The minimum Gasteiger partial charge on any atom is -0.379 e. The van der Waals surface area contributed by atoms with Crippen LogP contribution in [0.15, 0.2) is 48.5 Å². The number of ether oxygens (including phenoxy) is 5. The van der Waals surface area contributed by atoms with Crippen molar-refractivity contribution < 1.29 is 38.1 Å². The van der Waals surface area contributed by atoms with Gasteiger partial charge in [0.1, 0.15) is 5.78 Å². The van der Waals surface area contributed by atoms with Crippen molar-refractivity contribution in [3.8, 4) is 0 Å². The predicted molar refractivity (Wildman–Crippen MR) is 206 cm³/mol. The summed E-state index contributed by atoms with van der Waals surface area (Å²) in [6.45, 7) is 5.15. The summed E-state index contributed by atoms with van der Waals surface area (Å²) in [6.07, 6.45) is 15.6. The molecule has 2 fully saturated rings. The molecule has 2 N–H and O–H groups in total. The van der Waals surface area contributed by atoms with Crippen LogP contribution in [0.3, 0.4) is 0 Å². The van der Waals surface area contributed by atoms with Gasteiger partial charge in [0, 0.05) is 31.3 Å². The van der Waals surface area contributed by atoms with E-state index in [1.54, 1.807) is 0 Å². The van der Waals surface area contributed by atoms with Crippen molar-refractivity contribution in [2.24, 2.45) is 5.92 Å². The van der Waals surface area contributed by atoms with E-state index >= 15 is 0 Å². The number of hydrogen-bond acceptors (Lipinski definition) is 9. The van der Waals surface area contributed by atoms with Crippen LogP contribution in [0, 0.1) is 5.92 Å². The van der Waals surface area contributed by atoms with Gasteiger partial charge in [-0.05, 0) is 43.2 Å². The molecule has 3 atom stereocenters. The lowest BCUT2D eigenvalue weighted by molar-refractivity contribution is -0.125. The Balaban J connectivity index is 0.873. The number of carbonyl (C=O) groups is 3. The van der Waals surface area contributed by atoms with Crippen LogP contribution in [0.25, 0.3) is 0 Å². The number of unbranched alkanes of at least 4 members (excludes halogenated alkanes) is 1. The summed E-state index contributed by atoms with van der Waals surface area (Å²) in [7, 11) is 0. The second kappa shape index (κ2) is 26.9. The van der Waals surface area contributed by atoms with Gasteiger partial charge in [-0.15, -0.1) is 0 Å². The maximum atomic E-state index is 13.2. The molecule has 1 aromatic carbocycles. The summed E-state index contributed by atoms with van der Waals surface area (Å²) >= 11 is 0. The lowest BCUT2D eigenvalue weighted by Gasteiger charge is -2.15. The number of ketones is 2. The first-order valence-corrected chi connectivity index (χ1v) is 20.5. The van der Waals surface area contributed by atoms with Crippen molar-refractivity contribution in [1.82, 2.24) is 10.6 Å². The fraction of sp³-hybridized carbons (Fsp3) is 0.698. The Kier molecular flexibility index (Phi) is 21.9. The number of amides is 1. The van der Waals surface area contributed by atoms with Crippen LogP contribution in [0.1, 0.15) is 119 Å². The molecule has 3 aliphatic rings. The van der Waals surface area contributed by atoms with Crippen molar-refractivity contribution in [1.29, 1.82) is 0 Å². The molecule has 53 heavy (non-hydrogen) atoms. The van der Waals surface area contributed by atoms with Gasteiger partial charge in [0.25, 0.3) is 0 Å². The molecule has 0 spiro atoms. The third kappa shape index (κ3) is 17.1. The van der Waals surface area contributed by atoms with E-state index in [9.17, 15) is 14.4 Å². The monoisotopic (exact) mass is 738 g/mol. The van der Waals surface area contributed by atoms with Crippen LogP contribution < -0.4 is 10.6 Å². The smallest absolute Gasteiger partial charge is 0.222 e. The zero-order valence-electron chi connectivity index (χ0n) is 32.1. The molecular weight excluding hydrogens is 672 g/mol. The van der Waals surface area contributed by atoms with Crippen LogP contribution in [-0.2, 0) is 38.1 Å². The molecule has 3 unspecified atom stereocenters. The summed E-state index contributed by atoms with van der Waals surface area (Å²) in [5.41, 5.74) is 2.23. The van der Waals surface area contributed by atoms with Crippen molar-refractivity contribution in [2.45, 2.75) is 114 Å². The highest BCUT2D eigenvalue weighted by atomic mass is 16.6. The predicted octanol–water partition coefficient (Wildman–Crippen LogP) is 6.74. The third-order valence-electron chi connectivity index (χ3n) is 10.4. The van der Waals surface area contributed by atoms with E-state index in [0.29, 0.717) is 91.2 Å². The topological polar surface area (TPSA) is 121 Å². The lowest BCUT2D eigenvalue weighted by Crippen LogP contribution is -2.29. The fourth-order valence-electron chi connectivity index (χ4n) is 7.47. The first-order valence-electron chi connectivity index (χ1n) is 20.5. The Hall–Kier alpha value is -2.73. The number of Topliss-reactive ketones (excluding diaryl/α,β-unsaturated/α-hetero) is 2. The van der Waals surface area contributed by atoms with Gasteiger partial charge in [0.15, 0.2) is 5.78 Å². The molecule has 1 aliphatic heterocycles. The molecule has 1 heterocycles. The lowest BCUT2D eigenvalue weighted by atomic mass is 9.90. The van der Waals surface area contributed by atoms with Gasteiger partial charge in [0.05, 0.1) is 78.0 Å². The van der Waals surface area contributed by atoms with Crippen LogP contribution in [-0.4, -0.2) is 96.1 Å². The molecular formula is C43H66N2O8. The second-order valence-corrected chi connectivity index (χ2v) is 14.5. The normalized spacial score (nSPS) is 20.4. The molecule has 0 radical (unpaired) electrons. The fourth-order valence-corrected chi connectivity index (χ4v) is 7.47. The highest BCUT2D eigenvalue weighted by Crippen LogP contribution is 2.43. The number of carbonyl (C=O) groups excluding carboxylic acids is 3. The Bertz CT molecular complexity index is 1250. The SMILES string of the molecule is O=C(CCOCCOCCOCCOCCOCCC(=O)C1CCCCCCCCCC1)NCCCCC1NC2c3cccccccc(c3)C2C1=O.